The molecule has 1 heterocycles. The van der Waals surface area contributed by atoms with Gasteiger partial charge in [0.25, 0.3) is 0 Å². The number of hydrogen-bond acceptors (Lipinski definition) is 2. The molecular weight excluding hydrogens is 313 g/mol. The summed E-state index contributed by atoms with van der Waals surface area (Å²) in [5.41, 5.74) is 8.32. The predicted molar refractivity (Wildman–Crippen MR) is 89.9 cm³/mol. The number of benzene rings is 2. The Morgan fingerprint density at radius 3 is 2.52 bits per heavy atom. The normalized spacial score (nSPS) is 10.9. The van der Waals surface area contributed by atoms with Crippen LogP contribution in [0, 0.1) is 5.82 Å². The lowest BCUT2D eigenvalue weighted by molar-refractivity contribution is 0.609. The van der Waals surface area contributed by atoms with Gasteiger partial charge < -0.3 is 10.3 Å². The summed E-state index contributed by atoms with van der Waals surface area (Å²) in [6.07, 6.45) is 3.97. The molecule has 1 aromatic heterocycles. The summed E-state index contributed by atoms with van der Waals surface area (Å²) in [6.45, 7) is 1.20. The Labute approximate surface area is 139 Å². The van der Waals surface area contributed by atoms with Crippen LogP contribution in [0.15, 0.2) is 54.9 Å². The molecule has 0 radical (unpaired) electrons. The van der Waals surface area contributed by atoms with Crippen molar-refractivity contribution in [2.45, 2.75) is 19.5 Å². The highest BCUT2D eigenvalue weighted by Gasteiger charge is 2.11. The van der Waals surface area contributed by atoms with Crippen LogP contribution in [0.4, 0.5) is 4.39 Å². The average Bonchev–Trinajstić information content (AvgIpc) is 2.99. The molecule has 0 spiro atoms. The number of nitrogens with zero attached hydrogens (tertiary/aromatic N) is 2. The Bertz CT molecular complexity index is 776. The number of hydrogen-bond donors (Lipinski definition) is 1. The van der Waals surface area contributed by atoms with Gasteiger partial charge in [0, 0.05) is 42.5 Å². The Morgan fingerprint density at radius 2 is 1.83 bits per heavy atom. The summed E-state index contributed by atoms with van der Waals surface area (Å²) >= 11 is 6.10. The van der Waals surface area contributed by atoms with Crippen molar-refractivity contribution in [1.82, 2.24) is 9.55 Å². The topological polar surface area (TPSA) is 43.8 Å². The highest BCUT2D eigenvalue weighted by Crippen LogP contribution is 2.22. The lowest BCUT2D eigenvalue weighted by Crippen LogP contribution is -2.07. The van der Waals surface area contributed by atoms with E-state index in [-0.39, 0.29) is 5.82 Å². The van der Waals surface area contributed by atoms with Crippen molar-refractivity contribution < 1.29 is 4.39 Å². The van der Waals surface area contributed by atoms with Gasteiger partial charge in [0.1, 0.15) is 11.6 Å². The quantitative estimate of drug-likeness (QED) is 0.774. The molecule has 0 atom stereocenters. The van der Waals surface area contributed by atoms with Crippen molar-refractivity contribution >= 4 is 11.6 Å². The molecule has 3 nitrogen and oxygen atoms in total. The Kier molecular flexibility index (Phi) is 4.74. The van der Waals surface area contributed by atoms with E-state index in [1.54, 1.807) is 18.3 Å². The van der Waals surface area contributed by atoms with Crippen molar-refractivity contribution in [3.8, 4) is 0 Å². The first-order chi connectivity index (χ1) is 11.2. The zero-order valence-corrected chi connectivity index (χ0v) is 13.3. The Hall–Kier alpha value is -2.17. The van der Waals surface area contributed by atoms with Crippen LogP contribution in [-0.4, -0.2) is 9.55 Å². The zero-order chi connectivity index (χ0) is 16.2. The molecule has 0 saturated heterocycles. The summed E-state index contributed by atoms with van der Waals surface area (Å²) in [7, 11) is 0. The van der Waals surface area contributed by atoms with Gasteiger partial charge in [-0.1, -0.05) is 41.9 Å². The largest absolute Gasteiger partial charge is 0.330 e. The second kappa shape index (κ2) is 6.94. The van der Waals surface area contributed by atoms with Crippen LogP contribution in [0.1, 0.15) is 22.5 Å². The molecule has 2 N–H and O–H groups in total. The third-order valence-electron chi connectivity index (χ3n) is 3.81. The van der Waals surface area contributed by atoms with E-state index in [2.05, 4.69) is 4.98 Å². The van der Waals surface area contributed by atoms with E-state index in [0.717, 1.165) is 17.0 Å². The van der Waals surface area contributed by atoms with Gasteiger partial charge in [-0.05, 0) is 23.3 Å². The van der Waals surface area contributed by atoms with Gasteiger partial charge >= 0.3 is 0 Å². The van der Waals surface area contributed by atoms with Gasteiger partial charge in [0.05, 0.1) is 0 Å². The molecule has 0 saturated carbocycles. The summed E-state index contributed by atoms with van der Waals surface area (Å²) < 4.78 is 16.0. The average molecular weight is 330 g/mol. The summed E-state index contributed by atoms with van der Waals surface area (Å²) in [6, 6.07) is 12.8. The van der Waals surface area contributed by atoms with E-state index in [1.165, 1.54) is 6.07 Å². The first kappa shape index (κ1) is 15.7. The fraction of sp³-hybridized carbons (Fsp3) is 0.167. The molecular formula is C18H17ClFN3. The van der Waals surface area contributed by atoms with E-state index < -0.39 is 0 Å². The first-order valence-corrected chi connectivity index (χ1v) is 7.76. The lowest BCUT2D eigenvalue weighted by atomic mass is 10.1. The maximum absolute atomic E-state index is 14.0. The molecule has 0 aliphatic carbocycles. The molecule has 3 aromatic rings. The molecule has 3 rings (SSSR count). The predicted octanol–water partition coefficient (Wildman–Crippen LogP) is 3.77. The maximum atomic E-state index is 14.0. The van der Waals surface area contributed by atoms with E-state index in [0.29, 0.717) is 30.1 Å². The van der Waals surface area contributed by atoms with E-state index in [9.17, 15) is 4.39 Å². The highest BCUT2D eigenvalue weighted by atomic mass is 35.5. The molecule has 0 amide bonds. The van der Waals surface area contributed by atoms with Crippen LogP contribution in [-0.2, 0) is 19.5 Å². The fourth-order valence-electron chi connectivity index (χ4n) is 2.49. The molecule has 0 unspecified atom stereocenters. The minimum atomic E-state index is -0.306. The lowest BCUT2D eigenvalue weighted by Gasteiger charge is -2.10. The summed E-state index contributed by atoms with van der Waals surface area (Å²) in [5.74, 6) is 0.472. The van der Waals surface area contributed by atoms with Crippen molar-refractivity contribution in [2.75, 3.05) is 0 Å². The van der Waals surface area contributed by atoms with Gasteiger partial charge in [-0.15, -0.1) is 0 Å². The standard InChI is InChI=1S/C18H17ClFN3/c19-16-2-1-3-17(20)15(16)10-18-22-8-9-23(18)12-14-6-4-13(11-21)5-7-14/h1-9H,10-12,21H2. The van der Waals surface area contributed by atoms with Gasteiger partial charge in [-0.3, -0.25) is 0 Å². The number of nitrogens with two attached hydrogens (primary N) is 1. The molecule has 5 heteroatoms. The molecule has 0 bridgehead atoms. The van der Waals surface area contributed by atoms with Crippen LogP contribution in [0.5, 0.6) is 0 Å². The van der Waals surface area contributed by atoms with Gasteiger partial charge in [-0.25, -0.2) is 9.37 Å². The van der Waals surface area contributed by atoms with Crippen molar-refractivity contribution in [3.63, 3.8) is 0 Å². The molecule has 0 aliphatic rings. The smallest absolute Gasteiger partial charge is 0.128 e. The van der Waals surface area contributed by atoms with Crippen LogP contribution in [0.3, 0.4) is 0 Å². The van der Waals surface area contributed by atoms with Gasteiger partial charge in [-0.2, -0.15) is 0 Å². The Balaban J connectivity index is 1.82. The maximum Gasteiger partial charge on any atom is 0.128 e. The minimum Gasteiger partial charge on any atom is -0.330 e. The van der Waals surface area contributed by atoms with Crippen LogP contribution < -0.4 is 5.73 Å². The molecule has 23 heavy (non-hydrogen) atoms. The first-order valence-electron chi connectivity index (χ1n) is 7.38. The van der Waals surface area contributed by atoms with E-state index in [1.807, 2.05) is 35.0 Å². The van der Waals surface area contributed by atoms with E-state index >= 15 is 0 Å². The number of rotatable bonds is 5. The second-order valence-electron chi connectivity index (χ2n) is 5.37. The minimum absolute atomic E-state index is 0.306. The number of aromatic nitrogens is 2. The van der Waals surface area contributed by atoms with Crippen molar-refractivity contribution in [2.24, 2.45) is 5.73 Å². The monoisotopic (exact) mass is 329 g/mol. The number of halogens is 2. The van der Waals surface area contributed by atoms with Crippen LogP contribution >= 0.6 is 11.6 Å². The van der Waals surface area contributed by atoms with Crippen LogP contribution in [0.25, 0.3) is 0 Å². The highest BCUT2D eigenvalue weighted by molar-refractivity contribution is 6.31. The third-order valence-corrected chi connectivity index (χ3v) is 4.16. The van der Waals surface area contributed by atoms with Gasteiger partial charge in [0.2, 0.25) is 0 Å². The Morgan fingerprint density at radius 1 is 1.09 bits per heavy atom. The van der Waals surface area contributed by atoms with Crippen molar-refractivity contribution in [3.05, 3.63) is 88.2 Å². The fourth-order valence-corrected chi connectivity index (χ4v) is 2.72. The molecule has 118 valence electrons. The SMILES string of the molecule is NCc1ccc(Cn2ccnc2Cc2c(F)cccc2Cl)cc1. The summed E-state index contributed by atoms with van der Waals surface area (Å²) in [4.78, 5) is 4.34. The molecule has 0 fully saturated rings. The summed E-state index contributed by atoms with van der Waals surface area (Å²) in [5, 5.41) is 0.423. The third kappa shape index (κ3) is 3.60. The molecule has 2 aromatic carbocycles. The number of imidazole rings is 1. The molecule has 0 aliphatic heterocycles. The van der Waals surface area contributed by atoms with Crippen molar-refractivity contribution in [1.29, 1.82) is 0 Å². The second-order valence-corrected chi connectivity index (χ2v) is 5.78. The van der Waals surface area contributed by atoms with Crippen LogP contribution in [0.2, 0.25) is 5.02 Å². The zero-order valence-electron chi connectivity index (χ0n) is 12.5. The van der Waals surface area contributed by atoms with Gasteiger partial charge in [0.15, 0.2) is 0 Å². The van der Waals surface area contributed by atoms with E-state index in [4.69, 9.17) is 17.3 Å².